The smallest absolute Gasteiger partial charge is 0.0951 e. The van der Waals surface area contributed by atoms with E-state index >= 15 is 0 Å². The molecule has 128 valence electrons. The number of anilines is 1. The lowest BCUT2D eigenvalue weighted by Gasteiger charge is -2.24. The summed E-state index contributed by atoms with van der Waals surface area (Å²) >= 11 is 1.77. The van der Waals surface area contributed by atoms with Crippen LogP contribution in [0.25, 0.3) is 0 Å². The Morgan fingerprint density at radius 1 is 0.920 bits per heavy atom. The number of pyridine rings is 1. The van der Waals surface area contributed by atoms with Crippen LogP contribution in [-0.4, -0.2) is 11.2 Å². The first kappa shape index (κ1) is 17.6. The van der Waals surface area contributed by atoms with Crippen LogP contribution in [0.15, 0.2) is 65.7 Å². The molecule has 3 aromatic rings. The highest BCUT2D eigenvalue weighted by Gasteiger charge is 2.20. The molecule has 0 aliphatic heterocycles. The lowest BCUT2D eigenvalue weighted by atomic mass is 9.99. The van der Waals surface area contributed by atoms with Crippen molar-refractivity contribution in [1.82, 2.24) is 4.98 Å². The number of aryl methyl sites for hydroxylation is 3. The van der Waals surface area contributed by atoms with Gasteiger partial charge in [0, 0.05) is 16.8 Å². The zero-order valence-electron chi connectivity index (χ0n) is 15.2. The molecule has 0 saturated carbocycles. The number of nitrogens with one attached hydrogen (secondary N) is 1. The maximum atomic E-state index is 4.63. The second kappa shape index (κ2) is 7.75. The highest BCUT2D eigenvalue weighted by Crippen LogP contribution is 2.34. The van der Waals surface area contributed by atoms with Crippen LogP contribution in [0.1, 0.15) is 34.0 Å². The van der Waals surface area contributed by atoms with Crippen molar-refractivity contribution in [2.75, 3.05) is 11.6 Å². The minimum atomic E-state index is 0.0185. The normalized spacial score (nSPS) is 12.0. The second-order valence-electron chi connectivity index (χ2n) is 6.35. The van der Waals surface area contributed by atoms with Gasteiger partial charge in [-0.2, -0.15) is 0 Å². The van der Waals surface area contributed by atoms with Crippen LogP contribution < -0.4 is 5.32 Å². The van der Waals surface area contributed by atoms with Gasteiger partial charge < -0.3 is 5.32 Å². The van der Waals surface area contributed by atoms with Crippen LogP contribution in [0, 0.1) is 20.8 Å². The van der Waals surface area contributed by atoms with Gasteiger partial charge in [-0.15, -0.1) is 11.8 Å². The van der Waals surface area contributed by atoms with Crippen LogP contribution in [0.3, 0.4) is 0 Å². The number of hydrogen-bond donors (Lipinski definition) is 1. The average Bonchev–Trinajstić information content (AvgIpc) is 2.62. The van der Waals surface area contributed by atoms with Crippen molar-refractivity contribution in [3.05, 3.63) is 88.7 Å². The quantitative estimate of drug-likeness (QED) is 0.578. The fourth-order valence-corrected chi connectivity index (χ4v) is 3.95. The van der Waals surface area contributed by atoms with Gasteiger partial charge in [0.1, 0.15) is 0 Å². The average molecular weight is 349 g/mol. The summed E-state index contributed by atoms with van der Waals surface area (Å²) in [6.45, 7) is 6.47. The molecular weight excluding hydrogens is 324 g/mol. The molecule has 3 rings (SSSR count). The zero-order valence-corrected chi connectivity index (χ0v) is 16.0. The van der Waals surface area contributed by atoms with Gasteiger partial charge in [0.2, 0.25) is 0 Å². The molecule has 2 nitrogen and oxygen atoms in total. The Bertz CT molecular complexity index is 836. The van der Waals surface area contributed by atoms with Crippen molar-refractivity contribution in [2.24, 2.45) is 0 Å². The van der Waals surface area contributed by atoms with E-state index in [4.69, 9.17) is 0 Å². The molecule has 25 heavy (non-hydrogen) atoms. The van der Waals surface area contributed by atoms with Crippen molar-refractivity contribution in [3.63, 3.8) is 0 Å². The van der Waals surface area contributed by atoms with E-state index in [1.165, 1.54) is 32.8 Å². The van der Waals surface area contributed by atoms with E-state index in [0.29, 0.717) is 0 Å². The van der Waals surface area contributed by atoms with Crippen LogP contribution in [-0.2, 0) is 0 Å². The minimum absolute atomic E-state index is 0.0185. The van der Waals surface area contributed by atoms with Crippen molar-refractivity contribution in [2.45, 2.75) is 31.7 Å². The van der Waals surface area contributed by atoms with Gasteiger partial charge in [-0.05, 0) is 61.9 Å². The molecule has 1 unspecified atom stereocenters. The molecule has 3 heteroatoms. The first-order valence-corrected chi connectivity index (χ1v) is 9.71. The highest BCUT2D eigenvalue weighted by molar-refractivity contribution is 7.98. The zero-order chi connectivity index (χ0) is 17.8. The maximum absolute atomic E-state index is 4.63. The number of rotatable bonds is 5. The van der Waals surface area contributed by atoms with Crippen molar-refractivity contribution >= 4 is 17.4 Å². The van der Waals surface area contributed by atoms with Gasteiger partial charge in [0.15, 0.2) is 0 Å². The molecule has 0 fully saturated rings. The molecule has 0 radical (unpaired) electrons. The Morgan fingerprint density at radius 3 is 2.24 bits per heavy atom. The first-order valence-electron chi connectivity index (χ1n) is 8.48. The summed E-state index contributed by atoms with van der Waals surface area (Å²) in [7, 11) is 0. The number of benzene rings is 2. The molecule has 1 heterocycles. The molecule has 0 aliphatic carbocycles. The summed E-state index contributed by atoms with van der Waals surface area (Å²) in [6, 6.07) is 19.1. The van der Waals surface area contributed by atoms with E-state index in [0.717, 1.165) is 5.69 Å². The van der Waals surface area contributed by atoms with E-state index in [-0.39, 0.29) is 6.04 Å². The van der Waals surface area contributed by atoms with Gasteiger partial charge in [-0.3, -0.25) is 4.98 Å². The van der Waals surface area contributed by atoms with E-state index in [1.807, 2.05) is 18.3 Å². The van der Waals surface area contributed by atoms with E-state index in [9.17, 15) is 0 Å². The van der Waals surface area contributed by atoms with E-state index in [1.54, 1.807) is 11.8 Å². The summed E-state index contributed by atoms with van der Waals surface area (Å²) in [5.41, 5.74) is 7.30. The number of hydrogen-bond acceptors (Lipinski definition) is 3. The van der Waals surface area contributed by atoms with Crippen LogP contribution in [0.5, 0.6) is 0 Å². The third-order valence-electron chi connectivity index (χ3n) is 4.40. The van der Waals surface area contributed by atoms with E-state index in [2.05, 4.69) is 79.8 Å². The molecule has 0 bridgehead atoms. The number of aromatic nitrogens is 1. The van der Waals surface area contributed by atoms with Gasteiger partial charge in [-0.1, -0.05) is 42.0 Å². The number of thioether (sulfide) groups is 1. The third kappa shape index (κ3) is 3.88. The Balaban J connectivity index is 2.10. The molecule has 0 amide bonds. The van der Waals surface area contributed by atoms with Crippen molar-refractivity contribution in [3.8, 4) is 0 Å². The summed E-state index contributed by atoms with van der Waals surface area (Å²) in [5, 5.41) is 3.77. The van der Waals surface area contributed by atoms with Crippen molar-refractivity contribution in [1.29, 1.82) is 0 Å². The Morgan fingerprint density at radius 2 is 1.60 bits per heavy atom. The number of nitrogens with zero attached hydrogens (tertiary/aromatic N) is 1. The molecule has 2 aromatic carbocycles. The Kier molecular flexibility index (Phi) is 5.44. The fraction of sp³-hybridized carbons (Fsp3) is 0.227. The van der Waals surface area contributed by atoms with Gasteiger partial charge in [-0.25, -0.2) is 0 Å². The van der Waals surface area contributed by atoms with E-state index < -0.39 is 0 Å². The SMILES string of the molecule is CSc1ccccc1C(Nc1c(C)cc(C)cc1C)c1ccccn1. The molecule has 1 atom stereocenters. The molecule has 1 N–H and O–H groups in total. The Labute approximate surface area is 154 Å². The van der Waals surface area contributed by atoms with Crippen molar-refractivity contribution < 1.29 is 0 Å². The summed E-state index contributed by atoms with van der Waals surface area (Å²) in [4.78, 5) is 5.90. The summed E-state index contributed by atoms with van der Waals surface area (Å²) in [5.74, 6) is 0. The molecule has 0 spiro atoms. The predicted molar refractivity (Wildman–Crippen MR) is 109 cm³/mol. The Hall–Kier alpha value is -2.26. The predicted octanol–water partition coefficient (Wildman–Crippen LogP) is 5.93. The van der Waals surface area contributed by atoms with Gasteiger partial charge in [0.25, 0.3) is 0 Å². The molecular formula is C22H24N2S. The first-order chi connectivity index (χ1) is 12.1. The largest absolute Gasteiger partial charge is 0.372 e. The topological polar surface area (TPSA) is 24.9 Å². The monoisotopic (exact) mass is 348 g/mol. The highest BCUT2D eigenvalue weighted by atomic mass is 32.2. The molecule has 1 aromatic heterocycles. The summed E-state index contributed by atoms with van der Waals surface area (Å²) in [6.07, 6.45) is 3.98. The molecule has 0 aliphatic rings. The van der Waals surface area contributed by atoms with Gasteiger partial charge >= 0.3 is 0 Å². The third-order valence-corrected chi connectivity index (χ3v) is 5.21. The second-order valence-corrected chi connectivity index (χ2v) is 7.20. The molecule has 0 saturated heterocycles. The lowest BCUT2D eigenvalue weighted by molar-refractivity contribution is 0.862. The minimum Gasteiger partial charge on any atom is -0.372 e. The lowest BCUT2D eigenvalue weighted by Crippen LogP contribution is -2.16. The van der Waals surface area contributed by atoms with Crippen LogP contribution in [0.2, 0.25) is 0 Å². The van der Waals surface area contributed by atoms with Crippen LogP contribution >= 0.6 is 11.8 Å². The maximum Gasteiger partial charge on any atom is 0.0951 e. The van der Waals surface area contributed by atoms with Gasteiger partial charge in [0.05, 0.1) is 11.7 Å². The van der Waals surface area contributed by atoms with Crippen LogP contribution in [0.4, 0.5) is 5.69 Å². The standard InChI is InChI=1S/C22H24N2S/c1-15-13-16(2)21(17(3)14-15)24-22(19-10-7-8-12-23-19)18-9-5-6-11-20(18)25-4/h5-14,22,24H,1-4H3. The summed E-state index contributed by atoms with van der Waals surface area (Å²) < 4.78 is 0. The fourth-order valence-electron chi connectivity index (χ4n) is 3.31.